The van der Waals surface area contributed by atoms with E-state index in [-0.39, 0.29) is 18.3 Å². The number of esters is 1. The summed E-state index contributed by atoms with van der Waals surface area (Å²) >= 11 is 6.82. The zero-order valence-corrected chi connectivity index (χ0v) is 19.7. The predicted octanol–water partition coefficient (Wildman–Crippen LogP) is 3.92. The number of hydrogen-bond donors (Lipinski definition) is 1. The molecule has 2 aromatic carbocycles. The average Bonchev–Trinajstić information content (AvgIpc) is 3.20. The number of ether oxygens (including phenoxy) is 1. The number of hydrogen-bond acceptors (Lipinski definition) is 7. The van der Waals surface area contributed by atoms with Gasteiger partial charge in [0.25, 0.3) is 5.56 Å². The van der Waals surface area contributed by atoms with Gasteiger partial charge in [-0.1, -0.05) is 23.7 Å². The van der Waals surface area contributed by atoms with Gasteiger partial charge in [-0.3, -0.25) is 14.2 Å². The minimum absolute atomic E-state index is 0.108. The molecular weight excluding hydrogens is 511 g/mol. The minimum atomic E-state index is -4.81. The summed E-state index contributed by atoms with van der Waals surface area (Å²) in [6, 6.07) is 11.7. The largest absolute Gasteiger partial charge is 0.431 e. The average molecular weight is 528 g/mol. The zero-order valence-electron chi connectivity index (χ0n) is 18.2. The summed E-state index contributed by atoms with van der Waals surface area (Å²) in [6.45, 7) is 1.01. The van der Waals surface area contributed by atoms with Crippen LogP contribution in [0.25, 0.3) is 15.8 Å². The number of aromatic nitrogens is 3. The molecule has 2 heterocycles. The number of halogens is 4. The molecule has 4 aromatic rings. The maximum atomic E-state index is 12.9. The van der Waals surface area contributed by atoms with Crippen molar-refractivity contribution in [3.05, 3.63) is 85.8 Å². The molecule has 0 aliphatic heterocycles. The molecule has 0 saturated carbocycles. The Balaban J connectivity index is 0.000000261. The highest BCUT2D eigenvalue weighted by molar-refractivity contribution is 7.13. The molecule has 0 atom stereocenters. The standard InChI is InChI=1S/C14H10F3N3O3S.C8H7ClO2/c1-19-11(14(15,16)17)5-12(22)20(13(19)23)7-2-3-10-8(4-7)9(6-21)18-24-10;1-6(10)11-8-5-3-2-4-7(8)9/h2-5,21H,6H2,1H3;2-5H,1H3. The molecule has 0 spiro atoms. The van der Waals surface area contributed by atoms with E-state index in [0.717, 1.165) is 23.3 Å². The van der Waals surface area contributed by atoms with Crippen molar-refractivity contribution in [1.29, 1.82) is 0 Å². The molecule has 13 heteroatoms. The number of carbonyl (C=O) groups is 1. The van der Waals surface area contributed by atoms with Gasteiger partial charge in [-0.15, -0.1) is 0 Å². The summed E-state index contributed by atoms with van der Waals surface area (Å²) in [6.07, 6.45) is -4.81. The Morgan fingerprint density at radius 3 is 2.46 bits per heavy atom. The van der Waals surface area contributed by atoms with E-state index in [1.54, 1.807) is 30.3 Å². The van der Waals surface area contributed by atoms with Crippen LogP contribution in [0, 0.1) is 0 Å². The van der Waals surface area contributed by atoms with Crippen molar-refractivity contribution in [2.45, 2.75) is 19.7 Å². The Morgan fingerprint density at radius 2 is 1.86 bits per heavy atom. The van der Waals surface area contributed by atoms with Gasteiger partial charge in [0.1, 0.15) is 11.4 Å². The second kappa shape index (κ2) is 10.4. The molecule has 0 saturated heterocycles. The van der Waals surface area contributed by atoms with Crippen LogP contribution in [0.4, 0.5) is 13.2 Å². The molecule has 1 N–H and O–H groups in total. The predicted molar refractivity (Wildman–Crippen MR) is 124 cm³/mol. The smallest absolute Gasteiger partial charge is 0.425 e. The Morgan fingerprint density at radius 1 is 1.17 bits per heavy atom. The van der Waals surface area contributed by atoms with Crippen LogP contribution in [0.15, 0.2) is 58.1 Å². The third-order valence-corrected chi connectivity index (χ3v) is 5.81. The van der Waals surface area contributed by atoms with Crippen LogP contribution in [0.5, 0.6) is 5.75 Å². The first-order valence-electron chi connectivity index (χ1n) is 9.76. The van der Waals surface area contributed by atoms with Gasteiger partial charge in [0.15, 0.2) is 0 Å². The van der Waals surface area contributed by atoms with E-state index in [2.05, 4.69) is 4.37 Å². The van der Waals surface area contributed by atoms with E-state index in [0.29, 0.717) is 37.1 Å². The van der Waals surface area contributed by atoms with Gasteiger partial charge in [0, 0.05) is 25.4 Å². The van der Waals surface area contributed by atoms with Crippen LogP contribution >= 0.6 is 23.1 Å². The van der Waals surface area contributed by atoms with Gasteiger partial charge < -0.3 is 9.84 Å². The third-order valence-electron chi connectivity index (χ3n) is 4.64. The molecule has 2 aromatic heterocycles. The summed E-state index contributed by atoms with van der Waals surface area (Å²) in [7, 11) is 0.949. The quantitative estimate of drug-likeness (QED) is 0.320. The first-order chi connectivity index (χ1) is 16.4. The molecule has 0 amide bonds. The zero-order chi connectivity index (χ0) is 25.9. The monoisotopic (exact) mass is 527 g/mol. The Kier molecular flexibility index (Phi) is 7.78. The molecule has 35 heavy (non-hydrogen) atoms. The second-order valence-electron chi connectivity index (χ2n) is 7.03. The lowest BCUT2D eigenvalue weighted by Crippen LogP contribution is -2.40. The molecule has 184 valence electrons. The number of aliphatic hydroxyl groups excluding tert-OH is 1. The van der Waals surface area contributed by atoms with Crippen molar-refractivity contribution in [3.8, 4) is 11.4 Å². The molecular formula is C22H17ClF3N3O5S. The number of aliphatic hydroxyl groups is 1. The van der Waals surface area contributed by atoms with E-state index in [4.69, 9.17) is 16.3 Å². The van der Waals surface area contributed by atoms with Gasteiger partial charge >= 0.3 is 17.8 Å². The summed E-state index contributed by atoms with van der Waals surface area (Å²) < 4.78 is 49.1. The summed E-state index contributed by atoms with van der Waals surface area (Å²) in [4.78, 5) is 34.8. The summed E-state index contributed by atoms with van der Waals surface area (Å²) in [5.74, 6) is 0.0415. The van der Waals surface area contributed by atoms with Gasteiger partial charge in [0.05, 0.1) is 27.7 Å². The van der Waals surface area contributed by atoms with E-state index >= 15 is 0 Å². The number of nitrogens with zero attached hydrogens (tertiary/aromatic N) is 3. The molecule has 0 radical (unpaired) electrons. The van der Waals surface area contributed by atoms with Crippen LogP contribution in [0.2, 0.25) is 5.02 Å². The molecule has 0 aliphatic carbocycles. The fourth-order valence-electron chi connectivity index (χ4n) is 3.05. The first kappa shape index (κ1) is 26.1. The molecule has 8 nitrogen and oxygen atoms in total. The number of rotatable bonds is 3. The number of benzene rings is 2. The number of carbonyl (C=O) groups excluding carboxylic acids is 1. The van der Waals surface area contributed by atoms with E-state index in [9.17, 15) is 32.7 Å². The lowest BCUT2D eigenvalue weighted by Gasteiger charge is -2.13. The van der Waals surface area contributed by atoms with Crippen LogP contribution < -0.4 is 16.0 Å². The van der Waals surface area contributed by atoms with Crippen molar-refractivity contribution in [2.75, 3.05) is 0 Å². The molecule has 0 bridgehead atoms. The van der Waals surface area contributed by atoms with Crippen LogP contribution in [-0.4, -0.2) is 24.6 Å². The van der Waals surface area contributed by atoms with Crippen LogP contribution in [0.3, 0.4) is 0 Å². The molecule has 4 rings (SSSR count). The Bertz CT molecular complexity index is 1510. The fourth-order valence-corrected chi connectivity index (χ4v) is 3.99. The van der Waals surface area contributed by atoms with E-state index in [1.165, 1.54) is 19.1 Å². The highest BCUT2D eigenvalue weighted by Crippen LogP contribution is 2.28. The Labute approximate surface area is 204 Å². The summed E-state index contributed by atoms with van der Waals surface area (Å²) in [5.41, 5.74) is -3.03. The number of para-hydroxylation sites is 1. The van der Waals surface area contributed by atoms with Gasteiger partial charge in [-0.2, -0.15) is 17.5 Å². The molecule has 0 aliphatic rings. The summed E-state index contributed by atoms with van der Waals surface area (Å²) in [5, 5.41) is 10.2. The normalized spacial score (nSPS) is 11.2. The van der Waals surface area contributed by atoms with Crippen molar-refractivity contribution in [1.82, 2.24) is 13.5 Å². The van der Waals surface area contributed by atoms with Gasteiger partial charge in [0.2, 0.25) is 0 Å². The van der Waals surface area contributed by atoms with Gasteiger partial charge in [-0.25, -0.2) is 9.36 Å². The third kappa shape index (κ3) is 5.78. The maximum absolute atomic E-state index is 12.9. The van der Waals surface area contributed by atoms with Crippen molar-refractivity contribution in [2.24, 2.45) is 7.05 Å². The van der Waals surface area contributed by atoms with Crippen molar-refractivity contribution >= 4 is 39.2 Å². The lowest BCUT2D eigenvalue weighted by molar-refractivity contribution is -0.144. The minimum Gasteiger partial charge on any atom is -0.425 e. The highest BCUT2D eigenvalue weighted by Gasteiger charge is 2.35. The van der Waals surface area contributed by atoms with Crippen molar-refractivity contribution < 1.29 is 27.8 Å². The highest BCUT2D eigenvalue weighted by atomic mass is 35.5. The van der Waals surface area contributed by atoms with Crippen LogP contribution in [-0.2, 0) is 24.6 Å². The van der Waals surface area contributed by atoms with E-state index in [1.807, 2.05) is 0 Å². The number of alkyl halides is 3. The van der Waals surface area contributed by atoms with Crippen LogP contribution in [0.1, 0.15) is 18.3 Å². The number of fused-ring (bicyclic) bond motifs is 1. The molecule has 0 unspecified atom stereocenters. The van der Waals surface area contributed by atoms with Crippen molar-refractivity contribution in [3.63, 3.8) is 0 Å². The lowest BCUT2D eigenvalue weighted by atomic mass is 10.2. The molecule has 0 fully saturated rings. The topological polar surface area (TPSA) is 103 Å². The second-order valence-corrected chi connectivity index (χ2v) is 8.25. The first-order valence-corrected chi connectivity index (χ1v) is 10.9. The van der Waals surface area contributed by atoms with E-state index < -0.39 is 23.1 Å². The van der Waals surface area contributed by atoms with Gasteiger partial charge in [-0.05, 0) is 41.9 Å². The maximum Gasteiger partial charge on any atom is 0.431 e. The fraction of sp³-hybridized carbons (Fsp3) is 0.182. The Hall–Kier alpha value is -3.48. The SMILES string of the molecule is CC(=O)Oc1ccccc1Cl.Cn1c(C(F)(F)F)cc(=O)n(-c2ccc3snc(CO)c3c2)c1=O.